The van der Waals surface area contributed by atoms with Gasteiger partial charge in [0.1, 0.15) is 5.01 Å². The minimum Gasteiger partial charge on any atom is -0.339 e. The fourth-order valence-electron chi connectivity index (χ4n) is 3.45. The number of nitrogens with zero attached hydrogens (tertiary/aromatic N) is 2. The van der Waals surface area contributed by atoms with Gasteiger partial charge in [-0.15, -0.1) is 36.2 Å². The molecule has 0 atom stereocenters. The van der Waals surface area contributed by atoms with E-state index < -0.39 is 0 Å². The zero-order chi connectivity index (χ0) is 15.4. The van der Waals surface area contributed by atoms with Gasteiger partial charge >= 0.3 is 0 Å². The molecule has 1 saturated heterocycles. The molecule has 0 unspecified atom stereocenters. The highest BCUT2D eigenvalue weighted by atomic mass is 35.5. The van der Waals surface area contributed by atoms with Crippen molar-refractivity contribution in [2.75, 3.05) is 20.1 Å². The standard InChI is InChI=1S/C17H27N3OS.2ClH/c1-20(17(21)7-6-13-8-10-18-11-9-13)12-16-19-14-4-2-3-5-15(14)22-16;;/h13,18H,2-12H2,1H3;2*1H. The van der Waals surface area contributed by atoms with E-state index in [9.17, 15) is 4.79 Å². The highest BCUT2D eigenvalue weighted by molar-refractivity contribution is 7.11. The van der Waals surface area contributed by atoms with Crippen molar-refractivity contribution in [3.63, 3.8) is 0 Å². The van der Waals surface area contributed by atoms with Crippen molar-refractivity contribution in [1.29, 1.82) is 0 Å². The summed E-state index contributed by atoms with van der Waals surface area (Å²) in [5.74, 6) is 0.998. The molecule has 3 rings (SSSR count). The van der Waals surface area contributed by atoms with Crippen LogP contribution >= 0.6 is 36.2 Å². The summed E-state index contributed by atoms with van der Waals surface area (Å²) in [6.45, 7) is 2.90. The number of aryl methyl sites for hydroxylation is 2. The molecule has 24 heavy (non-hydrogen) atoms. The van der Waals surface area contributed by atoms with Gasteiger partial charge in [0.25, 0.3) is 0 Å². The van der Waals surface area contributed by atoms with Crippen molar-refractivity contribution in [3.8, 4) is 0 Å². The Morgan fingerprint density at radius 2 is 1.96 bits per heavy atom. The van der Waals surface area contributed by atoms with Crippen molar-refractivity contribution in [2.24, 2.45) is 5.92 Å². The van der Waals surface area contributed by atoms with Crippen LogP contribution in [0.15, 0.2) is 0 Å². The molecule has 1 aliphatic heterocycles. The Morgan fingerprint density at radius 3 is 2.67 bits per heavy atom. The molecule has 2 heterocycles. The van der Waals surface area contributed by atoms with Gasteiger partial charge < -0.3 is 10.2 Å². The Hall–Kier alpha value is -0.360. The zero-order valence-electron chi connectivity index (χ0n) is 14.4. The predicted octanol–water partition coefficient (Wildman–Crippen LogP) is 3.60. The van der Waals surface area contributed by atoms with E-state index in [4.69, 9.17) is 4.98 Å². The van der Waals surface area contributed by atoms with Crippen molar-refractivity contribution >= 4 is 42.1 Å². The third-order valence-electron chi connectivity index (χ3n) is 4.91. The average Bonchev–Trinajstić information content (AvgIpc) is 2.95. The van der Waals surface area contributed by atoms with Gasteiger partial charge in [-0.3, -0.25) is 4.79 Å². The molecule has 1 amide bonds. The first-order chi connectivity index (χ1) is 10.7. The van der Waals surface area contributed by atoms with Gasteiger partial charge in [-0.05, 0) is 64.0 Å². The number of hydrogen-bond acceptors (Lipinski definition) is 4. The number of halogens is 2. The number of piperidine rings is 1. The van der Waals surface area contributed by atoms with Gasteiger partial charge in [0.15, 0.2) is 0 Å². The van der Waals surface area contributed by atoms with E-state index in [0.29, 0.717) is 13.0 Å². The van der Waals surface area contributed by atoms with Crippen molar-refractivity contribution < 1.29 is 4.79 Å². The van der Waals surface area contributed by atoms with Crippen LogP contribution in [-0.4, -0.2) is 35.9 Å². The number of carbonyl (C=O) groups excluding carboxylic acids is 1. The number of nitrogens with one attached hydrogen (secondary N) is 1. The molecule has 0 saturated carbocycles. The third kappa shape index (κ3) is 5.87. The van der Waals surface area contributed by atoms with E-state index in [0.717, 1.165) is 36.9 Å². The second kappa shape index (κ2) is 10.6. The highest BCUT2D eigenvalue weighted by Gasteiger charge is 2.19. The molecule has 1 fully saturated rings. The smallest absolute Gasteiger partial charge is 0.222 e. The molecule has 2 aliphatic rings. The fourth-order valence-corrected chi connectivity index (χ4v) is 4.66. The maximum Gasteiger partial charge on any atom is 0.222 e. The molecular formula is C17H29Cl2N3OS. The number of aromatic nitrogens is 1. The van der Waals surface area contributed by atoms with E-state index in [2.05, 4.69) is 5.32 Å². The lowest BCUT2D eigenvalue weighted by Gasteiger charge is -2.23. The third-order valence-corrected chi connectivity index (χ3v) is 6.06. The Labute approximate surface area is 161 Å². The average molecular weight is 394 g/mol. The molecule has 1 aromatic heterocycles. The van der Waals surface area contributed by atoms with Crippen molar-refractivity contribution in [1.82, 2.24) is 15.2 Å². The molecule has 0 aromatic carbocycles. The summed E-state index contributed by atoms with van der Waals surface area (Å²) in [6, 6.07) is 0. The van der Waals surface area contributed by atoms with E-state index in [-0.39, 0.29) is 30.7 Å². The van der Waals surface area contributed by atoms with Crippen LogP contribution in [0.3, 0.4) is 0 Å². The lowest BCUT2D eigenvalue weighted by Crippen LogP contribution is -2.30. The van der Waals surface area contributed by atoms with E-state index in [1.165, 1.54) is 42.7 Å². The number of thiazole rings is 1. The fraction of sp³-hybridized carbons (Fsp3) is 0.765. The Bertz CT molecular complexity index is 494. The SMILES string of the molecule is CN(Cc1nc2c(s1)CCCC2)C(=O)CCC1CCNCC1.Cl.Cl. The van der Waals surface area contributed by atoms with Gasteiger partial charge in [0.05, 0.1) is 12.2 Å². The normalized spacial score (nSPS) is 17.4. The van der Waals surface area contributed by atoms with Gasteiger partial charge in [-0.2, -0.15) is 0 Å². The molecule has 0 radical (unpaired) electrons. The Balaban J connectivity index is 0.00000144. The van der Waals surface area contributed by atoms with E-state index >= 15 is 0 Å². The second-order valence-electron chi connectivity index (χ2n) is 6.67. The molecule has 138 valence electrons. The van der Waals surface area contributed by atoms with Crippen LogP contribution in [0.5, 0.6) is 0 Å². The molecule has 1 aliphatic carbocycles. The maximum absolute atomic E-state index is 12.3. The first kappa shape index (κ1) is 21.7. The number of amides is 1. The lowest BCUT2D eigenvalue weighted by molar-refractivity contribution is -0.130. The maximum atomic E-state index is 12.3. The first-order valence-electron chi connectivity index (χ1n) is 8.64. The molecule has 4 nitrogen and oxygen atoms in total. The highest BCUT2D eigenvalue weighted by Crippen LogP contribution is 2.27. The zero-order valence-corrected chi connectivity index (χ0v) is 16.8. The minimum absolute atomic E-state index is 0. The van der Waals surface area contributed by atoms with Crippen LogP contribution in [0.2, 0.25) is 0 Å². The summed E-state index contributed by atoms with van der Waals surface area (Å²) in [5.41, 5.74) is 1.29. The number of rotatable bonds is 5. The molecular weight excluding hydrogens is 365 g/mol. The van der Waals surface area contributed by atoms with Crippen molar-refractivity contribution in [3.05, 3.63) is 15.6 Å². The summed E-state index contributed by atoms with van der Waals surface area (Å²) in [7, 11) is 1.92. The van der Waals surface area contributed by atoms with Gasteiger partial charge in [0.2, 0.25) is 5.91 Å². The molecule has 0 spiro atoms. The quantitative estimate of drug-likeness (QED) is 0.830. The summed E-state index contributed by atoms with van der Waals surface area (Å²) in [4.78, 5) is 20.4. The van der Waals surface area contributed by atoms with Crippen LogP contribution in [0.25, 0.3) is 0 Å². The van der Waals surface area contributed by atoms with Crippen LogP contribution in [0.4, 0.5) is 0 Å². The van der Waals surface area contributed by atoms with Crippen LogP contribution < -0.4 is 5.32 Å². The van der Waals surface area contributed by atoms with Crippen LogP contribution in [0.1, 0.15) is 54.1 Å². The number of hydrogen-bond donors (Lipinski definition) is 1. The summed E-state index contributed by atoms with van der Waals surface area (Å²) < 4.78 is 0. The lowest BCUT2D eigenvalue weighted by atomic mass is 9.93. The van der Waals surface area contributed by atoms with E-state index in [1.54, 1.807) is 0 Å². The minimum atomic E-state index is 0. The number of carbonyl (C=O) groups is 1. The Morgan fingerprint density at radius 1 is 1.25 bits per heavy atom. The molecule has 7 heteroatoms. The number of fused-ring (bicyclic) bond motifs is 1. The van der Waals surface area contributed by atoms with Gasteiger partial charge in [-0.25, -0.2) is 4.98 Å². The van der Waals surface area contributed by atoms with Crippen molar-refractivity contribution in [2.45, 2.75) is 57.9 Å². The predicted molar refractivity (Wildman–Crippen MR) is 105 cm³/mol. The second-order valence-corrected chi connectivity index (χ2v) is 7.83. The first-order valence-corrected chi connectivity index (χ1v) is 9.46. The summed E-state index contributed by atoms with van der Waals surface area (Å²) in [5, 5.41) is 4.49. The van der Waals surface area contributed by atoms with Gasteiger partial charge in [-0.1, -0.05) is 0 Å². The monoisotopic (exact) mass is 393 g/mol. The van der Waals surface area contributed by atoms with E-state index in [1.807, 2.05) is 23.3 Å². The molecule has 1 N–H and O–H groups in total. The molecule has 0 bridgehead atoms. The summed E-state index contributed by atoms with van der Waals surface area (Å²) in [6.07, 6.45) is 9.03. The Kier molecular flexibility index (Phi) is 9.57. The van der Waals surface area contributed by atoms with Crippen LogP contribution in [0, 0.1) is 5.92 Å². The topological polar surface area (TPSA) is 45.2 Å². The largest absolute Gasteiger partial charge is 0.339 e. The molecule has 1 aromatic rings. The summed E-state index contributed by atoms with van der Waals surface area (Å²) >= 11 is 1.81. The van der Waals surface area contributed by atoms with Crippen LogP contribution in [-0.2, 0) is 24.2 Å². The van der Waals surface area contributed by atoms with Gasteiger partial charge in [0, 0.05) is 18.3 Å².